The first-order valence-corrected chi connectivity index (χ1v) is 7.49. The maximum Gasteiger partial charge on any atom is 0.325 e. The van der Waals surface area contributed by atoms with E-state index in [0.29, 0.717) is 11.6 Å². The minimum Gasteiger partial charge on any atom is -0.301 e. The molecule has 110 valence electrons. The molecule has 4 rings (SSSR count). The minimum atomic E-state index is -1.09. The molecule has 2 aromatic carbocycles. The van der Waals surface area contributed by atoms with Crippen LogP contribution in [0.5, 0.6) is 0 Å². The third kappa shape index (κ3) is 1.58. The molecule has 1 N–H and O–H groups in total. The van der Waals surface area contributed by atoms with Gasteiger partial charge in [0.1, 0.15) is 0 Å². The van der Waals surface area contributed by atoms with Gasteiger partial charge in [-0.25, -0.2) is 4.79 Å². The lowest BCUT2D eigenvalue weighted by atomic mass is 9.76. The monoisotopic (exact) mass is 312 g/mol. The lowest BCUT2D eigenvalue weighted by Gasteiger charge is -2.41. The Kier molecular flexibility index (Phi) is 2.78. The predicted molar refractivity (Wildman–Crippen MR) is 82.6 cm³/mol. The zero-order valence-electron chi connectivity index (χ0n) is 11.7. The number of nitrogens with one attached hydrogen (secondary N) is 1. The van der Waals surface area contributed by atoms with Gasteiger partial charge in [-0.05, 0) is 35.2 Å². The van der Waals surface area contributed by atoms with Gasteiger partial charge in [0.25, 0.3) is 5.91 Å². The number of rotatable bonds is 1. The van der Waals surface area contributed by atoms with Crippen LogP contribution in [0.3, 0.4) is 0 Å². The van der Waals surface area contributed by atoms with Gasteiger partial charge in [-0.2, -0.15) is 0 Å². The first kappa shape index (κ1) is 13.3. The third-order valence-corrected chi connectivity index (χ3v) is 4.72. The predicted octanol–water partition coefficient (Wildman–Crippen LogP) is 2.69. The molecule has 0 aliphatic carbocycles. The normalized spacial score (nSPS) is 23.0. The number of carbonyl (C=O) groups excluding carboxylic acids is 2. The Balaban J connectivity index is 2.04. The van der Waals surface area contributed by atoms with Crippen molar-refractivity contribution in [2.24, 2.45) is 0 Å². The summed E-state index contributed by atoms with van der Waals surface area (Å²) in [6.45, 7) is 0.511. The van der Waals surface area contributed by atoms with Gasteiger partial charge in [-0.15, -0.1) is 0 Å². The summed E-state index contributed by atoms with van der Waals surface area (Å²) in [5, 5.41) is 3.07. The van der Waals surface area contributed by atoms with Crippen LogP contribution < -0.4 is 5.32 Å². The van der Waals surface area contributed by atoms with Crippen LogP contribution in [0, 0.1) is 0 Å². The van der Waals surface area contributed by atoms with E-state index >= 15 is 0 Å². The number of halogens is 1. The Morgan fingerprint density at radius 3 is 2.55 bits per heavy atom. The van der Waals surface area contributed by atoms with Crippen LogP contribution in [0.4, 0.5) is 4.79 Å². The SMILES string of the molecule is O=C1NC(=O)C2(c3ccc(Cl)cc3)c3ccccc3CCN12. The van der Waals surface area contributed by atoms with Crippen molar-refractivity contribution in [3.05, 3.63) is 70.2 Å². The maximum absolute atomic E-state index is 12.8. The molecule has 2 aliphatic heterocycles. The lowest BCUT2D eigenvalue weighted by Crippen LogP contribution is -2.51. The molecule has 22 heavy (non-hydrogen) atoms. The number of hydrogen-bond donors (Lipinski definition) is 1. The Morgan fingerprint density at radius 2 is 1.77 bits per heavy atom. The van der Waals surface area contributed by atoms with E-state index < -0.39 is 5.54 Å². The summed E-state index contributed by atoms with van der Waals surface area (Å²) in [6.07, 6.45) is 0.742. The van der Waals surface area contributed by atoms with Crippen molar-refractivity contribution in [1.29, 1.82) is 0 Å². The summed E-state index contributed by atoms with van der Waals surface area (Å²) in [5.74, 6) is -0.299. The molecule has 1 unspecified atom stereocenters. The fourth-order valence-electron chi connectivity index (χ4n) is 3.52. The van der Waals surface area contributed by atoms with Crippen LogP contribution in [0.15, 0.2) is 48.5 Å². The van der Waals surface area contributed by atoms with Gasteiger partial charge >= 0.3 is 6.03 Å². The Bertz CT molecular complexity index is 788. The highest BCUT2D eigenvalue weighted by molar-refractivity contribution is 6.30. The summed E-state index contributed by atoms with van der Waals surface area (Å²) in [6, 6.07) is 14.6. The van der Waals surface area contributed by atoms with E-state index in [1.54, 1.807) is 17.0 Å². The fourth-order valence-corrected chi connectivity index (χ4v) is 3.65. The molecule has 1 saturated heterocycles. The van der Waals surface area contributed by atoms with Crippen molar-refractivity contribution in [2.75, 3.05) is 6.54 Å². The van der Waals surface area contributed by atoms with E-state index in [1.165, 1.54) is 0 Å². The molecular weight excluding hydrogens is 300 g/mol. The van der Waals surface area contributed by atoms with Gasteiger partial charge in [0.2, 0.25) is 0 Å². The van der Waals surface area contributed by atoms with E-state index in [-0.39, 0.29) is 11.9 Å². The van der Waals surface area contributed by atoms with Crippen LogP contribution in [0.25, 0.3) is 0 Å². The zero-order chi connectivity index (χ0) is 15.3. The van der Waals surface area contributed by atoms with Gasteiger partial charge in [0.15, 0.2) is 5.54 Å². The summed E-state index contributed by atoms with van der Waals surface area (Å²) in [7, 11) is 0. The molecule has 2 aliphatic rings. The second-order valence-corrected chi connectivity index (χ2v) is 5.97. The number of hydrogen-bond acceptors (Lipinski definition) is 2. The van der Waals surface area contributed by atoms with Gasteiger partial charge in [-0.3, -0.25) is 10.1 Å². The van der Waals surface area contributed by atoms with Crippen LogP contribution in [-0.2, 0) is 16.8 Å². The van der Waals surface area contributed by atoms with Crippen LogP contribution in [-0.4, -0.2) is 23.4 Å². The topological polar surface area (TPSA) is 49.4 Å². The van der Waals surface area contributed by atoms with Crippen molar-refractivity contribution < 1.29 is 9.59 Å². The highest BCUT2D eigenvalue weighted by Gasteiger charge is 2.57. The number of nitrogens with zero attached hydrogens (tertiary/aromatic N) is 1. The number of fused-ring (bicyclic) bond motifs is 3. The Hall–Kier alpha value is -2.33. The first-order valence-electron chi connectivity index (χ1n) is 7.11. The Morgan fingerprint density at radius 1 is 1.05 bits per heavy atom. The average molecular weight is 313 g/mol. The summed E-state index contributed by atoms with van der Waals surface area (Å²) < 4.78 is 0. The molecule has 4 nitrogen and oxygen atoms in total. The van der Waals surface area contributed by atoms with Crippen molar-refractivity contribution in [1.82, 2.24) is 10.2 Å². The summed E-state index contributed by atoms with van der Waals surface area (Å²) in [5.41, 5.74) is 1.63. The van der Waals surface area contributed by atoms with Gasteiger partial charge < -0.3 is 4.90 Å². The van der Waals surface area contributed by atoms with E-state index in [4.69, 9.17) is 11.6 Å². The molecule has 5 heteroatoms. The molecule has 3 amide bonds. The van der Waals surface area contributed by atoms with Gasteiger partial charge in [0.05, 0.1) is 0 Å². The second-order valence-electron chi connectivity index (χ2n) is 5.54. The van der Waals surface area contributed by atoms with E-state index in [9.17, 15) is 9.59 Å². The molecular formula is C17H13ClN2O2. The second kappa shape index (κ2) is 4.58. The van der Waals surface area contributed by atoms with Gasteiger partial charge in [-0.1, -0.05) is 48.0 Å². The van der Waals surface area contributed by atoms with Crippen LogP contribution >= 0.6 is 11.6 Å². The number of amides is 3. The quantitative estimate of drug-likeness (QED) is 0.823. The van der Waals surface area contributed by atoms with Crippen LogP contribution in [0.2, 0.25) is 5.02 Å². The van der Waals surface area contributed by atoms with Crippen molar-refractivity contribution in [3.8, 4) is 0 Å². The van der Waals surface area contributed by atoms with E-state index in [0.717, 1.165) is 23.1 Å². The summed E-state index contributed by atoms with van der Waals surface area (Å²) in [4.78, 5) is 26.7. The molecule has 0 aromatic heterocycles. The van der Waals surface area contributed by atoms with Crippen molar-refractivity contribution in [3.63, 3.8) is 0 Å². The minimum absolute atomic E-state index is 0.299. The zero-order valence-corrected chi connectivity index (χ0v) is 12.4. The molecule has 0 saturated carbocycles. The fraction of sp³-hybridized carbons (Fsp3) is 0.176. The highest BCUT2D eigenvalue weighted by Crippen LogP contribution is 2.44. The highest BCUT2D eigenvalue weighted by atomic mass is 35.5. The molecule has 0 bridgehead atoms. The molecule has 2 aromatic rings. The van der Waals surface area contributed by atoms with E-state index in [1.807, 2.05) is 36.4 Å². The Labute approximate surface area is 132 Å². The third-order valence-electron chi connectivity index (χ3n) is 4.47. The number of imide groups is 1. The average Bonchev–Trinajstić information content (AvgIpc) is 2.80. The largest absolute Gasteiger partial charge is 0.325 e. The summed E-state index contributed by atoms with van der Waals surface area (Å²) >= 11 is 5.98. The molecule has 0 radical (unpaired) electrons. The number of benzene rings is 2. The first-order chi connectivity index (χ1) is 10.6. The van der Waals surface area contributed by atoms with Crippen molar-refractivity contribution in [2.45, 2.75) is 12.0 Å². The van der Waals surface area contributed by atoms with Gasteiger partial charge in [0, 0.05) is 11.6 Å². The van der Waals surface area contributed by atoms with E-state index in [2.05, 4.69) is 5.32 Å². The lowest BCUT2D eigenvalue weighted by molar-refractivity contribution is -0.125. The van der Waals surface area contributed by atoms with Crippen LogP contribution in [0.1, 0.15) is 16.7 Å². The number of urea groups is 1. The smallest absolute Gasteiger partial charge is 0.301 e. The number of carbonyl (C=O) groups is 2. The molecule has 2 heterocycles. The molecule has 0 spiro atoms. The molecule has 1 atom stereocenters. The standard InChI is InChI=1S/C17H13ClN2O2/c18-13-7-5-12(6-8-13)17-14-4-2-1-3-11(14)9-10-20(17)16(22)19-15(17)21/h1-8H,9-10H2,(H,19,21,22). The van der Waals surface area contributed by atoms with Crippen molar-refractivity contribution >= 4 is 23.5 Å². The maximum atomic E-state index is 12.8. The molecule has 1 fully saturated rings.